The molecule has 2 heteroatoms. The average molecular weight is 142 g/mol. The number of ether oxygens (including phenoxy) is 1. The molecule has 0 spiro atoms. The molecule has 0 aromatic carbocycles. The van der Waals surface area contributed by atoms with Crippen LogP contribution in [0.2, 0.25) is 0 Å². The molecule has 2 rings (SSSR count). The summed E-state index contributed by atoms with van der Waals surface area (Å²) in [5, 5.41) is 9.41. The molecule has 1 N–H and O–H groups in total. The Morgan fingerprint density at radius 3 is 2.70 bits per heavy atom. The van der Waals surface area contributed by atoms with Crippen molar-refractivity contribution in [1.82, 2.24) is 0 Å². The van der Waals surface area contributed by atoms with E-state index in [0.717, 1.165) is 19.4 Å². The van der Waals surface area contributed by atoms with Crippen molar-refractivity contribution in [2.75, 3.05) is 6.61 Å². The lowest BCUT2D eigenvalue weighted by atomic mass is 10.0. The van der Waals surface area contributed by atoms with E-state index in [2.05, 4.69) is 0 Å². The zero-order valence-corrected chi connectivity index (χ0v) is 6.12. The van der Waals surface area contributed by atoms with Gasteiger partial charge < -0.3 is 9.84 Å². The van der Waals surface area contributed by atoms with Crippen LogP contribution in [0.1, 0.15) is 25.7 Å². The predicted molar refractivity (Wildman–Crippen MR) is 37.7 cm³/mol. The predicted octanol–water partition coefficient (Wildman–Crippen LogP) is 0.936. The fraction of sp³-hybridized carbons (Fsp3) is 1.00. The molecule has 1 saturated carbocycles. The fourth-order valence-electron chi connectivity index (χ4n) is 1.83. The van der Waals surface area contributed by atoms with E-state index in [1.807, 2.05) is 0 Å². The van der Waals surface area contributed by atoms with Gasteiger partial charge in [0.1, 0.15) is 0 Å². The zero-order valence-electron chi connectivity index (χ0n) is 6.12. The van der Waals surface area contributed by atoms with Gasteiger partial charge >= 0.3 is 0 Å². The lowest BCUT2D eigenvalue weighted by molar-refractivity contribution is 0.122. The lowest BCUT2D eigenvalue weighted by Gasteiger charge is -2.11. The highest BCUT2D eigenvalue weighted by Crippen LogP contribution is 2.32. The zero-order chi connectivity index (χ0) is 6.97. The molecule has 1 heterocycles. The summed E-state index contributed by atoms with van der Waals surface area (Å²) in [7, 11) is 0. The van der Waals surface area contributed by atoms with Crippen LogP contribution in [0.3, 0.4) is 0 Å². The van der Waals surface area contributed by atoms with E-state index in [0.29, 0.717) is 12.0 Å². The molecule has 3 atom stereocenters. The molecule has 3 unspecified atom stereocenters. The number of hydrogen-bond donors (Lipinski definition) is 1. The third-order valence-electron chi connectivity index (χ3n) is 2.59. The first kappa shape index (κ1) is 6.62. The number of epoxide rings is 1. The van der Waals surface area contributed by atoms with E-state index in [9.17, 15) is 5.11 Å². The number of aliphatic hydroxyl groups is 1. The van der Waals surface area contributed by atoms with Crippen LogP contribution < -0.4 is 0 Å². The van der Waals surface area contributed by atoms with Crippen LogP contribution in [0.15, 0.2) is 0 Å². The van der Waals surface area contributed by atoms with Gasteiger partial charge in [0.15, 0.2) is 0 Å². The second-order valence-electron chi connectivity index (χ2n) is 3.45. The van der Waals surface area contributed by atoms with Crippen LogP contribution in [0.25, 0.3) is 0 Å². The van der Waals surface area contributed by atoms with Crippen LogP contribution in [0.4, 0.5) is 0 Å². The maximum absolute atomic E-state index is 9.41. The Labute approximate surface area is 61.2 Å². The second-order valence-corrected chi connectivity index (χ2v) is 3.45. The van der Waals surface area contributed by atoms with Gasteiger partial charge in [0, 0.05) is 0 Å². The standard InChI is InChI=1S/C8H14O2/c9-8-3-1-2-6(8)4-7-5-10-7/h6-9H,1-5H2. The SMILES string of the molecule is OC1CCCC1CC1CO1. The summed E-state index contributed by atoms with van der Waals surface area (Å²) in [5.41, 5.74) is 0. The van der Waals surface area contributed by atoms with Crippen molar-refractivity contribution >= 4 is 0 Å². The molecular weight excluding hydrogens is 128 g/mol. The molecule has 0 bridgehead atoms. The third kappa shape index (κ3) is 1.32. The molecule has 0 radical (unpaired) electrons. The molecule has 1 aliphatic carbocycles. The Bertz CT molecular complexity index is 120. The van der Waals surface area contributed by atoms with Gasteiger partial charge in [-0.15, -0.1) is 0 Å². The number of hydrogen-bond acceptors (Lipinski definition) is 2. The first-order chi connectivity index (χ1) is 4.86. The molecule has 0 amide bonds. The van der Waals surface area contributed by atoms with Crippen molar-refractivity contribution in [2.45, 2.75) is 37.9 Å². The van der Waals surface area contributed by atoms with Gasteiger partial charge in [-0.3, -0.25) is 0 Å². The van der Waals surface area contributed by atoms with Crippen LogP contribution in [-0.2, 0) is 4.74 Å². The fourth-order valence-corrected chi connectivity index (χ4v) is 1.83. The second kappa shape index (κ2) is 2.51. The van der Waals surface area contributed by atoms with Crippen LogP contribution in [0.5, 0.6) is 0 Å². The maximum Gasteiger partial charge on any atom is 0.0813 e. The smallest absolute Gasteiger partial charge is 0.0813 e. The number of rotatable bonds is 2. The van der Waals surface area contributed by atoms with E-state index in [1.165, 1.54) is 12.8 Å². The highest BCUT2D eigenvalue weighted by molar-refractivity contribution is 4.82. The monoisotopic (exact) mass is 142 g/mol. The van der Waals surface area contributed by atoms with E-state index in [-0.39, 0.29) is 6.10 Å². The normalized spacial score (nSPS) is 45.9. The Morgan fingerprint density at radius 2 is 2.20 bits per heavy atom. The van der Waals surface area contributed by atoms with Crippen molar-refractivity contribution in [3.63, 3.8) is 0 Å². The molecular formula is C8H14O2. The molecule has 58 valence electrons. The van der Waals surface area contributed by atoms with E-state index >= 15 is 0 Å². The van der Waals surface area contributed by atoms with Gasteiger partial charge in [0.2, 0.25) is 0 Å². The molecule has 10 heavy (non-hydrogen) atoms. The van der Waals surface area contributed by atoms with Gasteiger partial charge in [-0.2, -0.15) is 0 Å². The van der Waals surface area contributed by atoms with Gasteiger partial charge in [-0.05, 0) is 25.2 Å². The highest BCUT2D eigenvalue weighted by Gasteiger charge is 2.32. The maximum atomic E-state index is 9.41. The van der Waals surface area contributed by atoms with Crippen molar-refractivity contribution in [1.29, 1.82) is 0 Å². The number of aliphatic hydroxyl groups excluding tert-OH is 1. The summed E-state index contributed by atoms with van der Waals surface area (Å²) in [5.74, 6) is 0.549. The molecule has 2 fully saturated rings. The van der Waals surface area contributed by atoms with E-state index < -0.39 is 0 Å². The molecule has 1 aliphatic heterocycles. The summed E-state index contributed by atoms with van der Waals surface area (Å²) in [6.07, 6.45) is 5.00. The van der Waals surface area contributed by atoms with Crippen molar-refractivity contribution in [2.24, 2.45) is 5.92 Å². The van der Waals surface area contributed by atoms with Gasteiger partial charge in [-0.1, -0.05) is 6.42 Å². The Morgan fingerprint density at radius 1 is 1.40 bits per heavy atom. The Kier molecular flexibility index (Phi) is 1.66. The highest BCUT2D eigenvalue weighted by atomic mass is 16.6. The minimum atomic E-state index is -0.0239. The van der Waals surface area contributed by atoms with Crippen molar-refractivity contribution < 1.29 is 9.84 Å². The summed E-state index contributed by atoms with van der Waals surface area (Å²) in [6, 6.07) is 0. The molecule has 0 aromatic heterocycles. The minimum Gasteiger partial charge on any atom is -0.393 e. The van der Waals surface area contributed by atoms with Crippen molar-refractivity contribution in [3.8, 4) is 0 Å². The van der Waals surface area contributed by atoms with Gasteiger partial charge in [0.05, 0.1) is 18.8 Å². The summed E-state index contributed by atoms with van der Waals surface area (Å²) < 4.78 is 5.11. The van der Waals surface area contributed by atoms with Gasteiger partial charge in [0.25, 0.3) is 0 Å². The molecule has 1 saturated heterocycles. The first-order valence-electron chi connectivity index (χ1n) is 4.16. The summed E-state index contributed by atoms with van der Waals surface area (Å²) in [4.78, 5) is 0. The van der Waals surface area contributed by atoms with E-state index in [4.69, 9.17) is 4.74 Å². The van der Waals surface area contributed by atoms with Crippen molar-refractivity contribution in [3.05, 3.63) is 0 Å². The van der Waals surface area contributed by atoms with Crippen LogP contribution in [-0.4, -0.2) is 23.9 Å². The summed E-state index contributed by atoms with van der Waals surface area (Å²) >= 11 is 0. The van der Waals surface area contributed by atoms with Crippen LogP contribution in [0, 0.1) is 5.92 Å². The third-order valence-corrected chi connectivity index (χ3v) is 2.59. The Balaban J connectivity index is 1.79. The Hall–Kier alpha value is -0.0800. The lowest BCUT2D eigenvalue weighted by Crippen LogP contribution is -2.14. The first-order valence-corrected chi connectivity index (χ1v) is 4.16. The topological polar surface area (TPSA) is 32.8 Å². The summed E-state index contributed by atoms with van der Waals surface area (Å²) in [6.45, 7) is 0.934. The molecule has 2 nitrogen and oxygen atoms in total. The minimum absolute atomic E-state index is 0.0239. The average Bonchev–Trinajstić information content (AvgIpc) is 2.62. The molecule has 0 aromatic rings. The van der Waals surface area contributed by atoms with Gasteiger partial charge in [-0.25, -0.2) is 0 Å². The quantitative estimate of drug-likeness (QED) is 0.582. The molecule has 2 aliphatic rings. The van der Waals surface area contributed by atoms with Crippen LogP contribution >= 0.6 is 0 Å². The largest absolute Gasteiger partial charge is 0.393 e. The van der Waals surface area contributed by atoms with E-state index in [1.54, 1.807) is 0 Å².